The van der Waals surface area contributed by atoms with Crippen LogP contribution in [0.15, 0.2) is 24.8 Å². The SMILES string of the molecule is C=CCC(CC)c1cc2c(cc1Cl)OCCO2. The molecule has 1 aliphatic heterocycles. The summed E-state index contributed by atoms with van der Waals surface area (Å²) in [5.74, 6) is 1.95. The van der Waals surface area contributed by atoms with Crippen LogP contribution in [0.2, 0.25) is 5.02 Å². The summed E-state index contributed by atoms with van der Waals surface area (Å²) in [5, 5.41) is 0.753. The Balaban J connectivity index is 2.36. The van der Waals surface area contributed by atoms with Crippen LogP contribution in [-0.4, -0.2) is 13.2 Å². The normalized spacial score (nSPS) is 15.4. The van der Waals surface area contributed by atoms with Gasteiger partial charge in [-0.2, -0.15) is 0 Å². The van der Waals surface area contributed by atoms with E-state index in [1.165, 1.54) is 0 Å². The molecule has 1 atom stereocenters. The summed E-state index contributed by atoms with van der Waals surface area (Å²) in [6.45, 7) is 7.14. The number of allylic oxidation sites excluding steroid dienone is 1. The standard InChI is InChI=1S/C14H17ClO2/c1-3-5-10(4-2)11-8-13-14(9-12(11)15)17-7-6-16-13/h3,8-10H,1,4-7H2,2H3. The van der Waals surface area contributed by atoms with E-state index in [0.29, 0.717) is 19.1 Å². The number of fused-ring (bicyclic) bond motifs is 1. The number of hydrogen-bond donors (Lipinski definition) is 0. The lowest BCUT2D eigenvalue weighted by Crippen LogP contribution is -2.15. The van der Waals surface area contributed by atoms with Crippen molar-refractivity contribution in [3.8, 4) is 11.5 Å². The number of ether oxygens (including phenoxy) is 2. The van der Waals surface area contributed by atoms with E-state index in [2.05, 4.69) is 13.5 Å². The summed E-state index contributed by atoms with van der Waals surface area (Å²) < 4.78 is 11.1. The average molecular weight is 253 g/mol. The van der Waals surface area contributed by atoms with Crippen molar-refractivity contribution in [3.63, 3.8) is 0 Å². The zero-order valence-electron chi connectivity index (χ0n) is 10.0. The minimum absolute atomic E-state index is 0.399. The molecule has 0 saturated carbocycles. The zero-order valence-corrected chi connectivity index (χ0v) is 10.8. The third-order valence-electron chi connectivity index (χ3n) is 3.05. The van der Waals surface area contributed by atoms with Crippen molar-refractivity contribution in [2.75, 3.05) is 13.2 Å². The fourth-order valence-electron chi connectivity index (χ4n) is 2.11. The summed E-state index contributed by atoms with van der Waals surface area (Å²) in [7, 11) is 0. The van der Waals surface area contributed by atoms with Gasteiger partial charge < -0.3 is 9.47 Å². The Morgan fingerprint density at radius 3 is 2.59 bits per heavy atom. The first-order valence-corrected chi connectivity index (χ1v) is 6.34. The predicted molar refractivity (Wildman–Crippen MR) is 70.3 cm³/mol. The molecule has 0 radical (unpaired) electrons. The highest BCUT2D eigenvalue weighted by molar-refractivity contribution is 6.31. The van der Waals surface area contributed by atoms with Crippen LogP contribution >= 0.6 is 11.6 Å². The van der Waals surface area contributed by atoms with Gasteiger partial charge in [0.1, 0.15) is 13.2 Å². The van der Waals surface area contributed by atoms with Crippen LogP contribution in [0, 0.1) is 0 Å². The van der Waals surface area contributed by atoms with Crippen LogP contribution < -0.4 is 9.47 Å². The summed E-state index contributed by atoms with van der Waals surface area (Å²) in [5.41, 5.74) is 1.12. The molecule has 0 spiro atoms. The largest absolute Gasteiger partial charge is 0.486 e. The third-order valence-corrected chi connectivity index (χ3v) is 3.37. The molecule has 0 N–H and O–H groups in total. The lowest BCUT2D eigenvalue weighted by molar-refractivity contribution is 0.171. The van der Waals surface area contributed by atoms with Gasteiger partial charge in [-0.15, -0.1) is 6.58 Å². The van der Waals surface area contributed by atoms with E-state index < -0.39 is 0 Å². The van der Waals surface area contributed by atoms with Crippen molar-refractivity contribution in [1.29, 1.82) is 0 Å². The smallest absolute Gasteiger partial charge is 0.162 e. The topological polar surface area (TPSA) is 18.5 Å². The Bertz CT molecular complexity index is 415. The molecule has 17 heavy (non-hydrogen) atoms. The van der Waals surface area contributed by atoms with Gasteiger partial charge in [0.25, 0.3) is 0 Å². The highest BCUT2D eigenvalue weighted by Gasteiger charge is 2.18. The van der Waals surface area contributed by atoms with E-state index in [1.807, 2.05) is 18.2 Å². The Morgan fingerprint density at radius 1 is 1.35 bits per heavy atom. The summed E-state index contributed by atoms with van der Waals surface area (Å²) >= 11 is 6.30. The first kappa shape index (κ1) is 12.3. The lowest BCUT2D eigenvalue weighted by atomic mass is 9.93. The highest BCUT2D eigenvalue weighted by atomic mass is 35.5. The molecule has 2 rings (SSSR count). The van der Waals surface area contributed by atoms with Gasteiger partial charge >= 0.3 is 0 Å². The van der Waals surface area contributed by atoms with E-state index in [4.69, 9.17) is 21.1 Å². The van der Waals surface area contributed by atoms with Gasteiger partial charge in [0.2, 0.25) is 0 Å². The molecular formula is C14H17ClO2. The van der Waals surface area contributed by atoms with Gasteiger partial charge in [0.15, 0.2) is 11.5 Å². The molecule has 0 aromatic heterocycles. The molecule has 1 aromatic rings. The van der Waals surface area contributed by atoms with Crippen molar-refractivity contribution >= 4 is 11.6 Å². The van der Waals surface area contributed by atoms with Gasteiger partial charge in [-0.05, 0) is 30.4 Å². The van der Waals surface area contributed by atoms with E-state index >= 15 is 0 Å². The Hall–Kier alpha value is -1.15. The van der Waals surface area contributed by atoms with Crippen LogP contribution in [0.5, 0.6) is 11.5 Å². The Labute approximate surface area is 107 Å². The quantitative estimate of drug-likeness (QED) is 0.749. The summed E-state index contributed by atoms with van der Waals surface area (Å²) in [4.78, 5) is 0. The monoisotopic (exact) mass is 252 g/mol. The van der Waals surface area contributed by atoms with Crippen molar-refractivity contribution in [2.24, 2.45) is 0 Å². The van der Waals surface area contributed by atoms with Gasteiger partial charge in [0.05, 0.1) is 0 Å². The summed E-state index contributed by atoms with van der Waals surface area (Å²) in [6.07, 6.45) is 3.89. The molecule has 1 aliphatic rings. The fourth-order valence-corrected chi connectivity index (χ4v) is 2.42. The molecule has 1 aromatic carbocycles. The van der Waals surface area contributed by atoms with Crippen LogP contribution in [-0.2, 0) is 0 Å². The molecule has 0 fully saturated rings. The van der Waals surface area contributed by atoms with Crippen LogP contribution in [0.25, 0.3) is 0 Å². The second kappa shape index (κ2) is 5.46. The fraction of sp³-hybridized carbons (Fsp3) is 0.429. The first-order valence-electron chi connectivity index (χ1n) is 5.96. The van der Waals surface area contributed by atoms with Crippen LogP contribution in [0.1, 0.15) is 31.2 Å². The van der Waals surface area contributed by atoms with Crippen LogP contribution in [0.4, 0.5) is 0 Å². The molecule has 0 saturated heterocycles. The second-order valence-corrected chi connectivity index (χ2v) is 4.55. The number of rotatable bonds is 4. The molecular weight excluding hydrogens is 236 g/mol. The van der Waals surface area contributed by atoms with Gasteiger partial charge in [-0.25, -0.2) is 0 Å². The maximum absolute atomic E-state index is 6.30. The molecule has 3 heteroatoms. The minimum Gasteiger partial charge on any atom is -0.486 e. The number of halogens is 1. The zero-order chi connectivity index (χ0) is 12.3. The van der Waals surface area contributed by atoms with Crippen molar-refractivity contribution in [2.45, 2.75) is 25.7 Å². The molecule has 2 nitrogen and oxygen atoms in total. The van der Waals surface area contributed by atoms with Crippen molar-refractivity contribution in [1.82, 2.24) is 0 Å². The molecule has 1 unspecified atom stereocenters. The molecule has 0 bridgehead atoms. The van der Waals surface area contributed by atoms with Gasteiger partial charge in [-0.3, -0.25) is 0 Å². The lowest BCUT2D eigenvalue weighted by Gasteiger charge is -2.22. The van der Waals surface area contributed by atoms with E-state index in [9.17, 15) is 0 Å². The molecule has 92 valence electrons. The predicted octanol–water partition coefficient (Wildman–Crippen LogP) is 4.18. The molecule has 0 aliphatic carbocycles. The molecule has 1 heterocycles. The van der Waals surface area contributed by atoms with Crippen molar-refractivity contribution in [3.05, 3.63) is 35.4 Å². The highest BCUT2D eigenvalue weighted by Crippen LogP contribution is 2.39. The Morgan fingerprint density at radius 2 is 2.00 bits per heavy atom. The van der Waals surface area contributed by atoms with E-state index in [0.717, 1.165) is 34.9 Å². The van der Waals surface area contributed by atoms with E-state index in [1.54, 1.807) is 0 Å². The van der Waals surface area contributed by atoms with Gasteiger partial charge in [0, 0.05) is 11.1 Å². The second-order valence-electron chi connectivity index (χ2n) is 4.15. The number of benzene rings is 1. The average Bonchev–Trinajstić information content (AvgIpc) is 2.35. The van der Waals surface area contributed by atoms with Crippen molar-refractivity contribution < 1.29 is 9.47 Å². The minimum atomic E-state index is 0.399. The third kappa shape index (κ3) is 2.58. The maximum Gasteiger partial charge on any atom is 0.162 e. The number of hydrogen-bond acceptors (Lipinski definition) is 2. The van der Waals surface area contributed by atoms with Gasteiger partial charge in [-0.1, -0.05) is 24.6 Å². The van der Waals surface area contributed by atoms with E-state index in [-0.39, 0.29) is 0 Å². The summed E-state index contributed by atoms with van der Waals surface area (Å²) in [6, 6.07) is 3.87. The first-order chi connectivity index (χ1) is 8.26. The maximum atomic E-state index is 6.30. The van der Waals surface area contributed by atoms with Crippen LogP contribution in [0.3, 0.4) is 0 Å². The molecule has 0 amide bonds. The Kier molecular flexibility index (Phi) is 3.95.